The Morgan fingerprint density at radius 1 is 1.53 bits per heavy atom. The molecule has 1 unspecified atom stereocenters. The summed E-state index contributed by atoms with van der Waals surface area (Å²) >= 11 is 5.57. The minimum absolute atomic E-state index is 0.215. The molecular formula is C11H15ClFNO. The number of hydrogen-bond acceptors (Lipinski definition) is 2. The van der Waals surface area contributed by atoms with Gasteiger partial charge in [0, 0.05) is 11.9 Å². The molecule has 0 bridgehead atoms. The van der Waals surface area contributed by atoms with E-state index in [4.69, 9.17) is 22.1 Å². The lowest BCUT2D eigenvalue weighted by molar-refractivity contribution is 0.321. The van der Waals surface area contributed by atoms with Crippen LogP contribution in [0.15, 0.2) is 18.2 Å². The van der Waals surface area contributed by atoms with Crippen molar-refractivity contribution in [3.05, 3.63) is 29.6 Å². The molecule has 0 spiro atoms. The molecule has 15 heavy (non-hydrogen) atoms. The monoisotopic (exact) mass is 231 g/mol. The molecule has 2 N–H and O–H groups in total. The maximum absolute atomic E-state index is 13.4. The van der Waals surface area contributed by atoms with Crippen LogP contribution in [-0.2, 0) is 0 Å². The summed E-state index contributed by atoms with van der Waals surface area (Å²) in [6, 6.07) is 4.56. The average molecular weight is 232 g/mol. The SMILES string of the molecule is CCOc1ccc(C(N)CCCl)cc1F. The third-order valence-corrected chi connectivity index (χ3v) is 2.32. The van der Waals surface area contributed by atoms with Crippen molar-refractivity contribution in [1.29, 1.82) is 0 Å². The molecule has 0 saturated heterocycles. The molecule has 2 nitrogen and oxygen atoms in total. The van der Waals surface area contributed by atoms with Gasteiger partial charge in [-0.2, -0.15) is 0 Å². The van der Waals surface area contributed by atoms with E-state index in [9.17, 15) is 4.39 Å². The second kappa shape index (κ2) is 5.93. The first kappa shape index (κ1) is 12.3. The highest BCUT2D eigenvalue weighted by atomic mass is 35.5. The van der Waals surface area contributed by atoms with E-state index in [0.29, 0.717) is 18.9 Å². The van der Waals surface area contributed by atoms with Crippen LogP contribution in [-0.4, -0.2) is 12.5 Å². The number of alkyl halides is 1. The van der Waals surface area contributed by atoms with E-state index >= 15 is 0 Å². The summed E-state index contributed by atoms with van der Waals surface area (Å²) in [6.07, 6.45) is 0.634. The molecule has 0 aliphatic carbocycles. The van der Waals surface area contributed by atoms with Crippen molar-refractivity contribution in [2.45, 2.75) is 19.4 Å². The quantitative estimate of drug-likeness (QED) is 0.791. The first-order valence-corrected chi connectivity index (χ1v) is 5.46. The minimum Gasteiger partial charge on any atom is -0.491 e. The first-order valence-electron chi connectivity index (χ1n) is 4.92. The smallest absolute Gasteiger partial charge is 0.165 e. The summed E-state index contributed by atoms with van der Waals surface area (Å²) in [5.41, 5.74) is 6.55. The van der Waals surface area contributed by atoms with Gasteiger partial charge in [0.2, 0.25) is 0 Å². The largest absolute Gasteiger partial charge is 0.491 e. The van der Waals surface area contributed by atoms with Crippen molar-refractivity contribution in [3.63, 3.8) is 0 Å². The zero-order valence-corrected chi connectivity index (χ0v) is 9.43. The van der Waals surface area contributed by atoms with Gasteiger partial charge in [-0.25, -0.2) is 4.39 Å². The van der Waals surface area contributed by atoms with Crippen LogP contribution in [0.4, 0.5) is 4.39 Å². The molecule has 1 rings (SSSR count). The maximum Gasteiger partial charge on any atom is 0.165 e. The van der Waals surface area contributed by atoms with Crippen LogP contribution < -0.4 is 10.5 Å². The summed E-state index contributed by atoms with van der Waals surface area (Å²) in [4.78, 5) is 0. The fraction of sp³-hybridized carbons (Fsp3) is 0.455. The van der Waals surface area contributed by atoms with Gasteiger partial charge in [-0.15, -0.1) is 11.6 Å². The summed E-state index contributed by atoms with van der Waals surface area (Å²) in [7, 11) is 0. The Hall–Kier alpha value is -0.800. The number of hydrogen-bond donors (Lipinski definition) is 1. The predicted molar refractivity (Wildman–Crippen MR) is 59.8 cm³/mol. The van der Waals surface area contributed by atoms with Crippen molar-refractivity contribution in [1.82, 2.24) is 0 Å². The summed E-state index contributed by atoms with van der Waals surface area (Å²) < 4.78 is 18.5. The van der Waals surface area contributed by atoms with Crippen molar-refractivity contribution in [2.24, 2.45) is 5.73 Å². The molecule has 1 aromatic carbocycles. The van der Waals surface area contributed by atoms with Crippen LogP contribution in [0.2, 0.25) is 0 Å². The Bertz CT molecular complexity index is 319. The molecule has 0 aromatic heterocycles. The van der Waals surface area contributed by atoms with Gasteiger partial charge in [0.15, 0.2) is 11.6 Å². The molecule has 0 heterocycles. The summed E-state index contributed by atoms with van der Waals surface area (Å²) in [5, 5.41) is 0. The molecule has 4 heteroatoms. The Balaban J connectivity index is 2.81. The molecule has 84 valence electrons. The highest BCUT2D eigenvalue weighted by Gasteiger charge is 2.09. The van der Waals surface area contributed by atoms with Crippen LogP contribution in [0.5, 0.6) is 5.75 Å². The zero-order chi connectivity index (χ0) is 11.3. The molecular weight excluding hydrogens is 217 g/mol. The van der Waals surface area contributed by atoms with Gasteiger partial charge >= 0.3 is 0 Å². The van der Waals surface area contributed by atoms with Crippen LogP contribution in [0.1, 0.15) is 24.9 Å². The van der Waals surface area contributed by atoms with Gasteiger partial charge in [-0.3, -0.25) is 0 Å². The van der Waals surface area contributed by atoms with Gasteiger partial charge < -0.3 is 10.5 Å². The number of rotatable bonds is 5. The first-order chi connectivity index (χ1) is 7.19. The lowest BCUT2D eigenvalue weighted by Gasteiger charge is -2.12. The Morgan fingerprint density at radius 3 is 2.80 bits per heavy atom. The molecule has 0 aliphatic rings. The van der Waals surface area contributed by atoms with Crippen molar-refractivity contribution < 1.29 is 9.13 Å². The normalized spacial score (nSPS) is 12.5. The van der Waals surface area contributed by atoms with Crippen LogP contribution in [0, 0.1) is 5.82 Å². The average Bonchev–Trinajstić information content (AvgIpc) is 2.21. The number of ether oxygens (including phenoxy) is 1. The van der Waals surface area contributed by atoms with E-state index in [1.807, 2.05) is 6.92 Å². The molecule has 0 saturated carbocycles. The van der Waals surface area contributed by atoms with Crippen molar-refractivity contribution in [2.75, 3.05) is 12.5 Å². The lowest BCUT2D eigenvalue weighted by Crippen LogP contribution is -2.11. The van der Waals surface area contributed by atoms with Crippen molar-refractivity contribution in [3.8, 4) is 5.75 Å². The van der Waals surface area contributed by atoms with Gasteiger partial charge in [-0.05, 0) is 31.0 Å². The number of nitrogens with two attached hydrogens (primary N) is 1. The van der Waals surface area contributed by atoms with Gasteiger partial charge in [0.1, 0.15) is 0 Å². The minimum atomic E-state index is -0.376. The van der Waals surface area contributed by atoms with Crippen molar-refractivity contribution >= 4 is 11.6 Å². The zero-order valence-electron chi connectivity index (χ0n) is 8.67. The summed E-state index contributed by atoms with van der Waals surface area (Å²) in [6.45, 7) is 2.26. The third kappa shape index (κ3) is 3.36. The van der Waals surface area contributed by atoms with Gasteiger partial charge in [0.25, 0.3) is 0 Å². The molecule has 1 aromatic rings. The molecule has 0 amide bonds. The molecule has 0 aliphatic heterocycles. The topological polar surface area (TPSA) is 35.2 Å². The number of halogens is 2. The predicted octanol–water partition coefficient (Wildman–Crippen LogP) is 2.85. The van der Waals surface area contributed by atoms with E-state index in [1.54, 1.807) is 12.1 Å². The van der Waals surface area contributed by atoms with E-state index < -0.39 is 0 Å². The molecule has 1 atom stereocenters. The standard InChI is InChI=1S/C11H15ClFNO/c1-2-15-11-4-3-8(7-9(11)13)10(14)5-6-12/h3-4,7,10H,2,5-6,14H2,1H3. The van der Waals surface area contributed by atoms with Crippen LogP contribution in [0.3, 0.4) is 0 Å². The Labute approximate surface area is 94.2 Å². The highest BCUT2D eigenvalue weighted by molar-refractivity contribution is 6.17. The Kier molecular flexibility index (Phi) is 4.85. The van der Waals surface area contributed by atoms with Crippen LogP contribution in [0.25, 0.3) is 0 Å². The van der Waals surface area contributed by atoms with Gasteiger partial charge in [-0.1, -0.05) is 6.07 Å². The fourth-order valence-corrected chi connectivity index (χ4v) is 1.54. The molecule has 0 fully saturated rings. The Morgan fingerprint density at radius 2 is 2.27 bits per heavy atom. The molecule has 0 radical (unpaired) electrons. The fourth-order valence-electron chi connectivity index (χ4n) is 1.30. The van der Waals surface area contributed by atoms with E-state index in [-0.39, 0.29) is 17.6 Å². The highest BCUT2D eigenvalue weighted by Crippen LogP contribution is 2.22. The van der Waals surface area contributed by atoms with Gasteiger partial charge in [0.05, 0.1) is 6.61 Å². The second-order valence-corrected chi connectivity index (χ2v) is 3.58. The number of benzene rings is 1. The van der Waals surface area contributed by atoms with E-state index in [1.165, 1.54) is 6.07 Å². The second-order valence-electron chi connectivity index (χ2n) is 3.21. The van der Waals surface area contributed by atoms with E-state index in [2.05, 4.69) is 0 Å². The lowest BCUT2D eigenvalue weighted by atomic mass is 10.1. The van der Waals surface area contributed by atoms with E-state index in [0.717, 1.165) is 5.56 Å². The maximum atomic E-state index is 13.4. The third-order valence-electron chi connectivity index (χ3n) is 2.10. The summed E-state index contributed by atoms with van der Waals surface area (Å²) in [5.74, 6) is 0.356. The van der Waals surface area contributed by atoms with Crippen LogP contribution >= 0.6 is 11.6 Å².